The molecule has 0 saturated heterocycles. The average Bonchev–Trinajstić information content (AvgIpc) is 2.24. The topological polar surface area (TPSA) is 72.2 Å². The van der Waals surface area contributed by atoms with E-state index in [1.165, 1.54) is 6.26 Å². The molecule has 1 rings (SSSR count). The van der Waals surface area contributed by atoms with Crippen LogP contribution in [0.4, 0.5) is 5.69 Å². The molecule has 1 atom stereocenters. The summed E-state index contributed by atoms with van der Waals surface area (Å²) < 4.78 is 23.2. The number of anilines is 1. The molecule has 0 aromatic heterocycles. The molecule has 1 aromatic carbocycles. The molecule has 0 aliphatic carbocycles. The molecule has 0 bridgehead atoms. The molecule has 1 aromatic rings. The first kappa shape index (κ1) is 15.0. The first-order valence-electron chi connectivity index (χ1n) is 6.09. The van der Waals surface area contributed by atoms with Crippen LogP contribution < -0.4 is 11.1 Å². The third kappa shape index (κ3) is 4.66. The monoisotopic (exact) mass is 270 g/mol. The fourth-order valence-electron chi connectivity index (χ4n) is 1.87. The summed E-state index contributed by atoms with van der Waals surface area (Å²) >= 11 is 0. The van der Waals surface area contributed by atoms with Crippen molar-refractivity contribution in [2.75, 3.05) is 18.1 Å². The Bertz CT molecular complexity index is 484. The zero-order valence-corrected chi connectivity index (χ0v) is 12.0. The molecule has 102 valence electrons. The Kier molecular flexibility index (Phi) is 5.16. The average molecular weight is 270 g/mol. The highest BCUT2D eigenvalue weighted by molar-refractivity contribution is 7.90. The zero-order chi connectivity index (χ0) is 13.8. The van der Waals surface area contributed by atoms with E-state index in [2.05, 4.69) is 19.2 Å². The Morgan fingerprint density at radius 1 is 1.28 bits per heavy atom. The second-order valence-electron chi connectivity index (χ2n) is 5.04. The molecule has 0 aliphatic heterocycles. The van der Waals surface area contributed by atoms with E-state index in [4.69, 9.17) is 5.73 Å². The molecule has 0 spiro atoms. The van der Waals surface area contributed by atoms with Crippen LogP contribution in [-0.4, -0.2) is 27.3 Å². The van der Waals surface area contributed by atoms with Crippen molar-refractivity contribution in [3.8, 4) is 0 Å². The van der Waals surface area contributed by atoms with Crippen molar-refractivity contribution in [2.24, 2.45) is 11.7 Å². The number of nitrogens with one attached hydrogen (secondary N) is 1. The molecule has 0 saturated carbocycles. The largest absolute Gasteiger partial charge is 0.382 e. The van der Waals surface area contributed by atoms with Gasteiger partial charge in [0.25, 0.3) is 0 Å². The van der Waals surface area contributed by atoms with Crippen LogP contribution in [0.3, 0.4) is 0 Å². The molecular weight excluding hydrogens is 248 g/mol. The lowest BCUT2D eigenvalue weighted by molar-refractivity contribution is 0.508. The van der Waals surface area contributed by atoms with Gasteiger partial charge in [0.2, 0.25) is 0 Å². The smallest absolute Gasteiger partial charge is 0.177 e. The molecule has 4 nitrogen and oxygen atoms in total. The van der Waals surface area contributed by atoms with E-state index >= 15 is 0 Å². The lowest BCUT2D eigenvalue weighted by Crippen LogP contribution is -2.30. The van der Waals surface area contributed by atoms with Gasteiger partial charge in [-0.05, 0) is 24.5 Å². The first-order valence-corrected chi connectivity index (χ1v) is 7.98. The van der Waals surface area contributed by atoms with Crippen LogP contribution in [0.15, 0.2) is 29.2 Å². The Labute approximate surface area is 110 Å². The van der Waals surface area contributed by atoms with E-state index < -0.39 is 9.84 Å². The molecule has 5 heteroatoms. The van der Waals surface area contributed by atoms with Gasteiger partial charge in [-0.25, -0.2) is 8.42 Å². The van der Waals surface area contributed by atoms with Gasteiger partial charge in [0.1, 0.15) is 0 Å². The van der Waals surface area contributed by atoms with Crippen molar-refractivity contribution in [1.29, 1.82) is 0 Å². The highest BCUT2D eigenvalue weighted by Crippen LogP contribution is 2.20. The summed E-state index contributed by atoms with van der Waals surface area (Å²) in [5, 5.41) is 3.12. The van der Waals surface area contributed by atoms with Crippen LogP contribution in [0, 0.1) is 5.92 Å². The van der Waals surface area contributed by atoms with Gasteiger partial charge in [0.05, 0.1) is 10.6 Å². The first-order chi connectivity index (χ1) is 8.30. The highest BCUT2D eigenvalue weighted by atomic mass is 32.2. The lowest BCUT2D eigenvalue weighted by atomic mass is 10.0. The van der Waals surface area contributed by atoms with Gasteiger partial charge in [0, 0.05) is 18.8 Å². The van der Waals surface area contributed by atoms with Gasteiger partial charge in [-0.15, -0.1) is 0 Å². The van der Waals surface area contributed by atoms with E-state index in [1.807, 2.05) is 6.07 Å². The van der Waals surface area contributed by atoms with Gasteiger partial charge in [-0.1, -0.05) is 26.0 Å². The molecule has 0 aliphatic rings. The highest BCUT2D eigenvalue weighted by Gasteiger charge is 2.13. The summed E-state index contributed by atoms with van der Waals surface area (Å²) in [6.07, 6.45) is 2.12. The minimum atomic E-state index is -3.21. The van der Waals surface area contributed by atoms with E-state index in [9.17, 15) is 8.42 Å². The predicted octanol–water partition coefficient (Wildman–Crippen LogP) is 1.88. The number of para-hydroxylation sites is 1. The van der Waals surface area contributed by atoms with Crippen LogP contribution in [0.25, 0.3) is 0 Å². The summed E-state index contributed by atoms with van der Waals surface area (Å²) in [5.41, 5.74) is 6.59. The minimum absolute atomic E-state index is 0.0256. The van der Waals surface area contributed by atoms with Gasteiger partial charge in [0.15, 0.2) is 9.84 Å². The fraction of sp³-hybridized carbons (Fsp3) is 0.538. The van der Waals surface area contributed by atoms with Crippen LogP contribution >= 0.6 is 0 Å². The lowest BCUT2D eigenvalue weighted by Gasteiger charge is -2.17. The summed E-state index contributed by atoms with van der Waals surface area (Å²) in [4.78, 5) is 0.321. The molecule has 1 unspecified atom stereocenters. The third-order valence-electron chi connectivity index (χ3n) is 2.62. The van der Waals surface area contributed by atoms with Crippen molar-refractivity contribution < 1.29 is 8.42 Å². The number of sulfone groups is 1. The molecule has 0 amide bonds. The fourth-order valence-corrected chi connectivity index (χ4v) is 2.73. The number of hydrogen-bond acceptors (Lipinski definition) is 4. The second-order valence-corrected chi connectivity index (χ2v) is 7.02. The van der Waals surface area contributed by atoms with Crippen LogP contribution in [-0.2, 0) is 9.84 Å². The minimum Gasteiger partial charge on any atom is -0.382 e. The zero-order valence-electron chi connectivity index (χ0n) is 11.2. The predicted molar refractivity (Wildman–Crippen MR) is 75.5 cm³/mol. The van der Waals surface area contributed by atoms with Gasteiger partial charge in [-0.2, -0.15) is 0 Å². The van der Waals surface area contributed by atoms with E-state index in [0.717, 1.165) is 6.42 Å². The standard InChI is InChI=1S/C13H22N2O2S/c1-10(2)8-11(14)9-15-12-6-4-5-7-13(12)18(3,16)17/h4-7,10-11,15H,8-9,14H2,1-3H3. The maximum absolute atomic E-state index is 11.6. The van der Waals surface area contributed by atoms with Crippen LogP contribution in [0.1, 0.15) is 20.3 Å². The Morgan fingerprint density at radius 3 is 2.44 bits per heavy atom. The maximum Gasteiger partial charge on any atom is 0.177 e. The van der Waals surface area contributed by atoms with Crippen molar-refractivity contribution in [3.63, 3.8) is 0 Å². The SMILES string of the molecule is CC(C)CC(N)CNc1ccccc1S(C)(=O)=O. The maximum atomic E-state index is 11.6. The number of benzene rings is 1. The van der Waals surface area contributed by atoms with Gasteiger partial charge < -0.3 is 11.1 Å². The summed E-state index contributed by atoms with van der Waals surface area (Å²) in [5.74, 6) is 0.534. The number of nitrogens with two attached hydrogens (primary N) is 1. The normalized spacial score (nSPS) is 13.6. The van der Waals surface area contributed by atoms with Crippen molar-refractivity contribution >= 4 is 15.5 Å². The number of hydrogen-bond donors (Lipinski definition) is 2. The quantitative estimate of drug-likeness (QED) is 0.828. The summed E-state index contributed by atoms with van der Waals surface area (Å²) in [6.45, 7) is 4.80. The van der Waals surface area contributed by atoms with Crippen molar-refractivity contribution in [1.82, 2.24) is 0 Å². The van der Waals surface area contributed by atoms with E-state index in [-0.39, 0.29) is 6.04 Å². The van der Waals surface area contributed by atoms with Gasteiger partial charge in [-0.3, -0.25) is 0 Å². The molecule has 0 fully saturated rings. The summed E-state index contributed by atoms with van der Waals surface area (Å²) in [6, 6.07) is 6.92. The van der Waals surface area contributed by atoms with Crippen molar-refractivity contribution in [2.45, 2.75) is 31.2 Å². The van der Waals surface area contributed by atoms with Crippen molar-refractivity contribution in [3.05, 3.63) is 24.3 Å². The molecule has 18 heavy (non-hydrogen) atoms. The third-order valence-corrected chi connectivity index (χ3v) is 3.77. The van der Waals surface area contributed by atoms with Gasteiger partial charge >= 0.3 is 0 Å². The molecule has 0 radical (unpaired) electrons. The van der Waals surface area contributed by atoms with Crippen LogP contribution in [0.5, 0.6) is 0 Å². The van der Waals surface area contributed by atoms with Crippen LogP contribution in [0.2, 0.25) is 0 Å². The Balaban J connectivity index is 2.74. The Morgan fingerprint density at radius 2 is 1.89 bits per heavy atom. The number of rotatable bonds is 6. The van der Waals surface area contributed by atoms with E-state index in [1.54, 1.807) is 18.2 Å². The Hall–Kier alpha value is -1.07. The molecular formula is C13H22N2O2S. The summed E-state index contributed by atoms with van der Waals surface area (Å²) in [7, 11) is -3.21. The molecule has 3 N–H and O–H groups in total. The molecule has 0 heterocycles. The van der Waals surface area contributed by atoms with E-state index in [0.29, 0.717) is 23.0 Å². The second kappa shape index (κ2) is 6.20.